The van der Waals surface area contributed by atoms with E-state index in [1.807, 2.05) is 6.92 Å². The highest BCUT2D eigenvalue weighted by atomic mass is 79.9. The lowest BCUT2D eigenvalue weighted by Gasteiger charge is -2.15. The molecule has 12 heteroatoms. The molecule has 220 valence electrons. The van der Waals surface area contributed by atoms with Crippen molar-refractivity contribution in [3.8, 4) is 22.9 Å². The predicted octanol–water partition coefficient (Wildman–Crippen LogP) is 9.01. The standard InChI is InChI=1S/C31H21BrCl2F3N3O3/c1-2-42-27-14-19(12-23(32)28(27)43-17-18-10-11-24(33)25(34)13-18)16-38-40-29(20-6-5-7-21(15-20)31(35,36)37)39-26-9-4-3-8-22(26)30(40)41/h3-16H,2,17H2,1H3. The molecule has 0 unspecified atom stereocenters. The van der Waals surface area contributed by atoms with Gasteiger partial charge in [-0.25, -0.2) is 4.98 Å². The molecule has 0 radical (unpaired) electrons. The second kappa shape index (κ2) is 12.8. The van der Waals surface area contributed by atoms with Crippen molar-refractivity contribution in [2.45, 2.75) is 19.7 Å². The van der Waals surface area contributed by atoms with Crippen LogP contribution in [0.5, 0.6) is 11.5 Å². The van der Waals surface area contributed by atoms with Crippen molar-refractivity contribution in [3.63, 3.8) is 0 Å². The number of ether oxygens (including phenoxy) is 2. The van der Waals surface area contributed by atoms with E-state index in [-0.39, 0.29) is 23.4 Å². The lowest BCUT2D eigenvalue weighted by molar-refractivity contribution is -0.137. The largest absolute Gasteiger partial charge is 0.490 e. The van der Waals surface area contributed by atoms with Crippen LogP contribution in [0.4, 0.5) is 13.2 Å². The molecule has 0 N–H and O–H groups in total. The average Bonchev–Trinajstić information content (AvgIpc) is 2.98. The van der Waals surface area contributed by atoms with Crippen LogP contribution in [0.3, 0.4) is 0 Å². The minimum Gasteiger partial charge on any atom is -0.490 e. The molecule has 6 nitrogen and oxygen atoms in total. The number of aromatic nitrogens is 2. The van der Waals surface area contributed by atoms with Gasteiger partial charge in [0.15, 0.2) is 17.3 Å². The Hall–Kier alpha value is -3.86. The minimum absolute atomic E-state index is 0.0447. The van der Waals surface area contributed by atoms with E-state index < -0.39 is 17.3 Å². The molecule has 1 heterocycles. The third-order valence-electron chi connectivity index (χ3n) is 6.22. The molecule has 5 aromatic rings. The van der Waals surface area contributed by atoms with Gasteiger partial charge < -0.3 is 9.47 Å². The third kappa shape index (κ3) is 6.87. The molecule has 0 aliphatic rings. The van der Waals surface area contributed by atoms with E-state index in [4.69, 9.17) is 32.7 Å². The van der Waals surface area contributed by atoms with E-state index >= 15 is 0 Å². The molecule has 0 atom stereocenters. The van der Waals surface area contributed by atoms with Gasteiger partial charge in [0.2, 0.25) is 0 Å². The Morgan fingerprint density at radius 2 is 1.77 bits per heavy atom. The fourth-order valence-corrected chi connectivity index (χ4v) is 5.12. The summed E-state index contributed by atoms with van der Waals surface area (Å²) < 4.78 is 53.8. The first-order valence-corrected chi connectivity index (χ1v) is 14.4. The van der Waals surface area contributed by atoms with Crippen LogP contribution in [0.1, 0.15) is 23.6 Å². The van der Waals surface area contributed by atoms with E-state index in [0.717, 1.165) is 22.4 Å². The number of alkyl halides is 3. The first kappa shape index (κ1) is 30.6. The summed E-state index contributed by atoms with van der Waals surface area (Å²) in [5.41, 5.74) is 0.310. The molecule has 43 heavy (non-hydrogen) atoms. The van der Waals surface area contributed by atoms with E-state index in [9.17, 15) is 18.0 Å². The lowest BCUT2D eigenvalue weighted by atomic mass is 10.1. The van der Waals surface area contributed by atoms with Crippen LogP contribution >= 0.6 is 39.1 Å². The Labute approximate surface area is 262 Å². The van der Waals surface area contributed by atoms with Crippen LogP contribution in [-0.4, -0.2) is 22.5 Å². The molecule has 0 fully saturated rings. The number of para-hydroxylation sites is 1. The van der Waals surface area contributed by atoms with Gasteiger partial charge in [-0.1, -0.05) is 53.5 Å². The zero-order valence-corrected chi connectivity index (χ0v) is 25.4. The molecule has 0 bridgehead atoms. The fraction of sp³-hybridized carbons (Fsp3) is 0.129. The molecule has 0 saturated carbocycles. The SMILES string of the molecule is CCOc1cc(C=Nn2c(-c3cccc(C(F)(F)F)c3)nc3ccccc3c2=O)cc(Br)c1OCc1ccc(Cl)c(Cl)c1. The lowest BCUT2D eigenvalue weighted by Crippen LogP contribution is -2.20. The Bertz CT molecular complexity index is 1910. The van der Waals surface area contributed by atoms with Gasteiger partial charge in [-0.2, -0.15) is 22.9 Å². The van der Waals surface area contributed by atoms with Gasteiger partial charge in [-0.3, -0.25) is 4.79 Å². The van der Waals surface area contributed by atoms with Gasteiger partial charge in [0.25, 0.3) is 5.56 Å². The highest BCUT2D eigenvalue weighted by Crippen LogP contribution is 2.38. The number of halogens is 6. The summed E-state index contributed by atoms with van der Waals surface area (Å²) in [5, 5.41) is 5.47. The van der Waals surface area contributed by atoms with Crippen LogP contribution < -0.4 is 15.0 Å². The second-order valence-corrected chi connectivity index (χ2v) is 10.9. The summed E-state index contributed by atoms with van der Waals surface area (Å²) in [5.74, 6) is 0.788. The summed E-state index contributed by atoms with van der Waals surface area (Å²) in [6.45, 7) is 2.34. The number of nitrogens with zero attached hydrogens (tertiary/aromatic N) is 3. The number of hydrogen-bond acceptors (Lipinski definition) is 5. The Balaban J connectivity index is 1.55. The number of hydrogen-bond donors (Lipinski definition) is 0. The van der Waals surface area contributed by atoms with Crippen molar-refractivity contribution in [1.82, 2.24) is 9.66 Å². The molecular formula is C31H21BrCl2F3N3O3. The van der Waals surface area contributed by atoms with Crippen molar-refractivity contribution in [2.75, 3.05) is 6.61 Å². The first-order chi connectivity index (χ1) is 20.5. The monoisotopic (exact) mass is 689 g/mol. The van der Waals surface area contributed by atoms with Crippen LogP contribution in [-0.2, 0) is 12.8 Å². The van der Waals surface area contributed by atoms with Gasteiger partial charge in [0.05, 0.1) is 43.8 Å². The van der Waals surface area contributed by atoms with Crippen molar-refractivity contribution in [3.05, 3.63) is 120 Å². The van der Waals surface area contributed by atoms with Crippen LogP contribution in [0.2, 0.25) is 10.0 Å². The quantitative estimate of drug-likeness (QED) is 0.153. The summed E-state index contributed by atoms with van der Waals surface area (Å²) in [4.78, 5) is 18.0. The van der Waals surface area contributed by atoms with Crippen molar-refractivity contribution in [1.29, 1.82) is 0 Å². The Kier molecular flexibility index (Phi) is 9.10. The smallest absolute Gasteiger partial charge is 0.416 e. The molecule has 5 rings (SSSR count). The Morgan fingerprint density at radius 1 is 0.977 bits per heavy atom. The highest BCUT2D eigenvalue weighted by molar-refractivity contribution is 9.10. The molecule has 0 aliphatic carbocycles. The van der Waals surface area contributed by atoms with Crippen molar-refractivity contribution < 1.29 is 22.6 Å². The molecule has 1 aromatic heterocycles. The summed E-state index contributed by atoms with van der Waals surface area (Å²) in [6, 6.07) is 19.7. The van der Waals surface area contributed by atoms with Gasteiger partial charge in [0, 0.05) is 5.56 Å². The fourth-order valence-electron chi connectivity index (χ4n) is 4.23. The van der Waals surface area contributed by atoms with Crippen molar-refractivity contribution in [2.24, 2.45) is 5.10 Å². The number of rotatable bonds is 8. The van der Waals surface area contributed by atoms with Gasteiger partial charge in [-0.15, -0.1) is 0 Å². The second-order valence-electron chi connectivity index (χ2n) is 9.19. The van der Waals surface area contributed by atoms with Gasteiger partial charge >= 0.3 is 6.18 Å². The summed E-state index contributed by atoms with van der Waals surface area (Å²) in [6.07, 6.45) is -3.18. The topological polar surface area (TPSA) is 65.7 Å². The maximum atomic E-state index is 13.5. The van der Waals surface area contributed by atoms with E-state index in [1.54, 1.807) is 54.6 Å². The summed E-state index contributed by atoms with van der Waals surface area (Å²) in [7, 11) is 0. The highest BCUT2D eigenvalue weighted by Gasteiger charge is 2.31. The van der Waals surface area contributed by atoms with E-state index in [2.05, 4.69) is 26.0 Å². The van der Waals surface area contributed by atoms with E-state index in [0.29, 0.717) is 43.7 Å². The first-order valence-electron chi connectivity index (χ1n) is 12.8. The number of fused-ring (bicyclic) bond motifs is 1. The van der Waals surface area contributed by atoms with E-state index in [1.165, 1.54) is 18.3 Å². The molecule has 0 spiro atoms. The maximum Gasteiger partial charge on any atom is 0.416 e. The number of benzene rings is 4. The zero-order valence-electron chi connectivity index (χ0n) is 22.3. The van der Waals surface area contributed by atoms with Crippen LogP contribution in [0.25, 0.3) is 22.3 Å². The molecular weight excluding hydrogens is 670 g/mol. The molecule has 0 aliphatic heterocycles. The molecule has 0 saturated heterocycles. The predicted molar refractivity (Wildman–Crippen MR) is 166 cm³/mol. The Morgan fingerprint density at radius 3 is 2.51 bits per heavy atom. The van der Waals surface area contributed by atoms with Crippen molar-refractivity contribution >= 4 is 56.2 Å². The van der Waals surface area contributed by atoms with Gasteiger partial charge in [0.1, 0.15) is 6.61 Å². The van der Waals surface area contributed by atoms with Gasteiger partial charge in [-0.05, 0) is 82.5 Å². The zero-order chi connectivity index (χ0) is 30.7. The normalized spacial score (nSPS) is 11.8. The maximum absolute atomic E-state index is 13.5. The average molecular weight is 691 g/mol. The van der Waals surface area contributed by atoms with Crippen LogP contribution in [0.15, 0.2) is 93.2 Å². The third-order valence-corrected chi connectivity index (χ3v) is 7.55. The van der Waals surface area contributed by atoms with Crippen LogP contribution in [0, 0.1) is 0 Å². The minimum atomic E-state index is -4.58. The summed E-state index contributed by atoms with van der Waals surface area (Å²) >= 11 is 15.6. The molecule has 4 aromatic carbocycles. The molecule has 0 amide bonds.